The molecule has 0 radical (unpaired) electrons. The third-order valence-electron chi connectivity index (χ3n) is 3.79. The molecule has 0 aromatic heterocycles. The van der Waals surface area contributed by atoms with E-state index in [-0.39, 0.29) is 11.8 Å². The molecule has 0 aromatic rings. The molecule has 2 fully saturated rings. The van der Waals surface area contributed by atoms with E-state index in [2.05, 4.69) is 6.92 Å². The van der Waals surface area contributed by atoms with Gasteiger partial charge in [0.15, 0.2) is 0 Å². The van der Waals surface area contributed by atoms with Gasteiger partial charge in [-0.25, -0.2) is 0 Å². The summed E-state index contributed by atoms with van der Waals surface area (Å²) >= 11 is 0. The highest BCUT2D eigenvalue weighted by Gasteiger charge is 2.34. The number of nitrogens with zero attached hydrogens (tertiary/aromatic N) is 2. The lowest BCUT2D eigenvalue weighted by Gasteiger charge is -2.39. The summed E-state index contributed by atoms with van der Waals surface area (Å²) in [6.45, 7) is 4.37. The van der Waals surface area contributed by atoms with Crippen molar-refractivity contribution in [2.24, 2.45) is 5.92 Å². The van der Waals surface area contributed by atoms with Crippen molar-refractivity contribution in [3.63, 3.8) is 0 Å². The van der Waals surface area contributed by atoms with Crippen LogP contribution in [0.15, 0.2) is 0 Å². The average Bonchev–Trinajstić information content (AvgIpc) is 2.22. The van der Waals surface area contributed by atoms with E-state index in [0.717, 1.165) is 19.4 Å². The monoisotopic (exact) mass is 240 g/mol. The van der Waals surface area contributed by atoms with Crippen molar-refractivity contribution in [1.82, 2.24) is 9.80 Å². The molecule has 5 nitrogen and oxygen atoms in total. The number of carbonyl (C=O) groups excluding carboxylic acids is 1. The highest BCUT2D eigenvalue weighted by molar-refractivity contribution is 5.79. The van der Waals surface area contributed by atoms with Gasteiger partial charge in [-0.3, -0.25) is 14.5 Å². The van der Waals surface area contributed by atoms with Crippen LogP contribution in [0, 0.1) is 5.92 Å². The summed E-state index contributed by atoms with van der Waals surface area (Å²) in [4.78, 5) is 26.5. The van der Waals surface area contributed by atoms with Gasteiger partial charge in [-0.1, -0.05) is 0 Å². The van der Waals surface area contributed by atoms with Gasteiger partial charge >= 0.3 is 5.97 Å². The Kier molecular flexibility index (Phi) is 3.66. The minimum absolute atomic E-state index is 0.154. The van der Waals surface area contributed by atoms with Crippen LogP contribution in [-0.4, -0.2) is 59.0 Å². The minimum Gasteiger partial charge on any atom is -0.481 e. The number of carbonyl (C=O) groups is 2. The fourth-order valence-corrected chi connectivity index (χ4v) is 2.61. The van der Waals surface area contributed by atoms with Crippen molar-refractivity contribution in [2.75, 3.05) is 26.2 Å². The fraction of sp³-hybridized carbons (Fsp3) is 0.833. The average molecular weight is 240 g/mol. The van der Waals surface area contributed by atoms with Crippen LogP contribution in [0.3, 0.4) is 0 Å². The van der Waals surface area contributed by atoms with Crippen LogP contribution in [-0.2, 0) is 9.59 Å². The molecule has 17 heavy (non-hydrogen) atoms. The van der Waals surface area contributed by atoms with Crippen LogP contribution >= 0.6 is 0 Å². The van der Waals surface area contributed by atoms with Gasteiger partial charge in [-0.15, -0.1) is 0 Å². The van der Waals surface area contributed by atoms with Crippen molar-refractivity contribution in [2.45, 2.75) is 32.2 Å². The normalized spacial score (nSPS) is 26.6. The standard InChI is InChI=1S/C12H20N2O3/c1-9-4-2-3-5-14(9)11(15)8-13-6-10(7-13)12(16)17/h9-10H,2-8H2,1H3,(H,16,17). The molecule has 1 N–H and O–H groups in total. The van der Waals surface area contributed by atoms with Gasteiger partial charge in [0.05, 0.1) is 12.5 Å². The van der Waals surface area contributed by atoms with Gasteiger partial charge in [-0.2, -0.15) is 0 Å². The molecule has 1 unspecified atom stereocenters. The van der Waals surface area contributed by atoms with E-state index in [1.807, 2.05) is 9.80 Å². The molecular formula is C12H20N2O3. The summed E-state index contributed by atoms with van der Waals surface area (Å²) in [7, 11) is 0. The smallest absolute Gasteiger partial charge is 0.309 e. The van der Waals surface area contributed by atoms with Gasteiger partial charge in [0, 0.05) is 25.7 Å². The number of carboxylic acid groups (broad SMARTS) is 1. The number of amides is 1. The van der Waals surface area contributed by atoms with E-state index in [9.17, 15) is 9.59 Å². The maximum Gasteiger partial charge on any atom is 0.309 e. The third-order valence-corrected chi connectivity index (χ3v) is 3.79. The summed E-state index contributed by atoms with van der Waals surface area (Å²) in [5.74, 6) is -0.873. The largest absolute Gasteiger partial charge is 0.481 e. The number of likely N-dealkylation sites (tertiary alicyclic amines) is 2. The highest BCUT2D eigenvalue weighted by Crippen LogP contribution is 2.19. The lowest BCUT2D eigenvalue weighted by atomic mass is 10.00. The molecule has 0 bridgehead atoms. The number of hydrogen-bond acceptors (Lipinski definition) is 3. The first-order chi connectivity index (χ1) is 8.08. The molecule has 2 saturated heterocycles. The zero-order valence-corrected chi connectivity index (χ0v) is 10.3. The van der Waals surface area contributed by atoms with E-state index in [1.165, 1.54) is 6.42 Å². The Labute approximate surface area is 101 Å². The SMILES string of the molecule is CC1CCCCN1C(=O)CN1CC(C(=O)O)C1. The minimum atomic E-state index is -0.750. The Hall–Kier alpha value is -1.10. The molecular weight excluding hydrogens is 220 g/mol. The van der Waals surface area contributed by atoms with Gasteiger partial charge in [0.25, 0.3) is 0 Å². The van der Waals surface area contributed by atoms with Crippen LogP contribution in [0.4, 0.5) is 0 Å². The van der Waals surface area contributed by atoms with Crippen molar-refractivity contribution in [3.8, 4) is 0 Å². The van der Waals surface area contributed by atoms with Crippen LogP contribution in [0.1, 0.15) is 26.2 Å². The van der Waals surface area contributed by atoms with Gasteiger partial charge in [-0.05, 0) is 26.2 Å². The summed E-state index contributed by atoms with van der Waals surface area (Å²) < 4.78 is 0. The molecule has 0 aliphatic carbocycles. The predicted octanol–water partition coefficient (Wildman–Crippen LogP) is 0.404. The first-order valence-corrected chi connectivity index (χ1v) is 6.32. The molecule has 2 heterocycles. The highest BCUT2D eigenvalue weighted by atomic mass is 16.4. The van der Waals surface area contributed by atoms with Crippen molar-refractivity contribution < 1.29 is 14.7 Å². The third kappa shape index (κ3) is 2.77. The number of hydrogen-bond donors (Lipinski definition) is 1. The number of aliphatic carboxylic acids is 1. The molecule has 5 heteroatoms. The topological polar surface area (TPSA) is 60.9 Å². The van der Waals surface area contributed by atoms with Gasteiger partial charge in [0.2, 0.25) is 5.91 Å². The van der Waals surface area contributed by atoms with E-state index >= 15 is 0 Å². The van der Waals surface area contributed by atoms with Crippen LogP contribution in [0.2, 0.25) is 0 Å². The summed E-state index contributed by atoms with van der Waals surface area (Å²) in [6.07, 6.45) is 3.38. The first-order valence-electron chi connectivity index (χ1n) is 6.32. The van der Waals surface area contributed by atoms with Crippen molar-refractivity contribution in [3.05, 3.63) is 0 Å². The summed E-state index contributed by atoms with van der Waals surface area (Å²) in [6, 6.07) is 0.341. The lowest BCUT2D eigenvalue weighted by molar-refractivity contribution is -0.150. The number of piperidine rings is 1. The zero-order chi connectivity index (χ0) is 12.4. The number of carboxylic acids is 1. The zero-order valence-electron chi connectivity index (χ0n) is 10.3. The van der Waals surface area contributed by atoms with Crippen molar-refractivity contribution >= 4 is 11.9 Å². The van der Waals surface area contributed by atoms with E-state index in [4.69, 9.17) is 5.11 Å². The maximum atomic E-state index is 12.0. The van der Waals surface area contributed by atoms with Gasteiger partial charge < -0.3 is 10.0 Å². The molecule has 1 amide bonds. The maximum absolute atomic E-state index is 12.0. The Morgan fingerprint density at radius 2 is 2.00 bits per heavy atom. The Morgan fingerprint density at radius 1 is 1.29 bits per heavy atom. The second-order valence-electron chi connectivity index (χ2n) is 5.16. The van der Waals surface area contributed by atoms with Gasteiger partial charge in [0.1, 0.15) is 0 Å². The van der Waals surface area contributed by atoms with Crippen LogP contribution < -0.4 is 0 Å². The molecule has 96 valence electrons. The predicted molar refractivity (Wildman–Crippen MR) is 62.6 cm³/mol. The Bertz CT molecular complexity index is 313. The Balaban J connectivity index is 1.76. The second-order valence-corrected chi connectivity index (χ2v) is 5.16. The molecule has 2 aliphatic heterocycles. The van der Waals surface area contributed by atoms with E-state index in [1.54, 1.807) is 0 Å². The molecule has 2 rings (SSSR count). The summed E-state index contributed by atoms with van der Waals surface area (Å²) in [5.41, 5.74) is 0. The quantitative estimate of drug-likeness (QED) is 0.776. The molecule has 2 aliphatic rings. The Morgan fingerprint density at radius 3 is 2.59 bits per heavy atom. The lowest BCUT2D eigenvalue weighted by Crippen LogP contribution is -2.55. The molecule has 0 spiro atoms. The van der Waals surface area contributed by atoms with Crippen LogP contribution in [0.5, 0.6) is 0 Å². The van der Waals surface area contributed by atoms with Crippen LogP contribution in [0.25, 0.3) is 0 Å². The molecule has 0 aromatic carbocycles. The first kappa shape index (κ1) is 12.4. The molecule has 0 saturated carbocycles. The van der Waals surface area contributed by atoms with E-state index in [0.29, 0.717) is 25.7 Å². The van der Waals surface area contributed by atoms with Crippen molar-refractivity contribution in [1.29, 1.82) is 0 Å². The molecule has 1 atom stereocenters. The fourth-order valence-electron chi connectivity index (χ4n) is 2.61. The number of rotatable bonds is 3. The summed E-state index contributed by atoms with van der Waals surface area (Å²) in [5, 5.41) is 8.75. The van der Waals surface area contributed by atoms with E-state index < -0.39 is 5.97 Å². The second kappa shape index (κ2) is 5.04.